The van der Waals surface area contributed by atoms with Gasteiger partial charge in [0.15, 0.2) is 11.5 Å². The summed E-state index contributed by atoms with van der Waals surface area (Å²) in [5.41, 5.74) is 6.19. The molecule has 0 fully saturated rings. The minimum Gasteiger partial charge on any atom is -0.493 e. The third kappa shape index (κ3) is 2.19. The molecule has 2 N–H and O–H groups in total. The number of anilines is 1. The van der Waals surface area contributed by atoms with Crippen LogP contribution < -0.4 is 19.9 Å². The molecule has 0 aliphatic rings. The van der Waals surface area contributed by atoms with Crippen LogP contribution in [0.15, 0.2) is 12.3 Å². The van der Waals surface area contributed by atoms with Crippen LogP contribution in [0.3, 0.4) is 0 Å². The van der Waals surface area contributed by atoms with Gasteiger partial charge >= 0.3 is 0 Å². The summed E-state index contributed by atoms with van der Waals surface area (Å²) in [6, 6.07) is 1.73. The molecular weight excluding hydrogens is 258 g/mol. The van der Waals surface area contributed by atoms with Gasteiger partial charge in [0.1, 0.15) is 0 Å². The molecule has 18 heavy (non-hydrogen) atoms. The topological polar surface area (TPSA) is 79.5 Å². The smallest absolute Gasteiger partial charge is 0.220 e. The van der Waals surface area contributed by atoms with Crippen molar-refractivity contribution in [2.75, 3.05) is 27.1 Å². The highest BCUT2D eigenvalue weighted by molar-refractivity contribution is 5.90. The van der Waals surface area contributed by atoms with Gasteiger partial charge in [-0.05, 0) is 0 Å². The van der Waals surface area contributed by atoms with Crippen molar-refractivity contribution in [3.8, 4) is 17.2 Å². The molecular formula is C11H14ClN3O3. The Labute approximate surface area is 110 Å². The van der Waals surface area contributed by atoms with Crippen molar-refractivity contribution in [3.63, 3.8) is 0 Å². The third-order valence-corrected chi connectivity index (χ3v) is 2.41. The van der Waals surface area contributed by atoms with E-state index in [0.717, 1.165) is 5.39 Å². The van der Waals surface area contributed by atoms with Crippen LogP contribution in [0.4, 0.5) is 5.95 Å². The lowest BCUT2D eigenvalue weighted by Crippen LogP contribution is -1.99. The maximum absolute atomic E-state index is 5.54. The fourth-order valence-corrected chi connectivity index (χ4v) is 1.67. The second-order valence-electron chi connectivity index (χ2n) is 3.31. The molecule has 0 unspecified atom stereocenters. The van der Waals surface area contributed by atoms with Crippen molar-refractivity contribution in [1.29, 1.82) is 0 Å². The normalized spacial score (nSPS) is 9.72. The highest BCUT2D eigenvalue weighted by Gasteiger charge is 2.16. The number of rotatable bonds is 3. The molecule has 0 radical (unpaired) electrons. The first-order valence-electron chi connectivity index (χ1n) is 4.92. The first kappa shape index (κ1) is 14.1. The second kappa shape index (κ2) is 5.59. The summed E-state index contributed by atoms with van der Waals surface area (Å²) in [7, 11) is 4.64. The highest BCUT2D eigenvalue weighted by atomic mass is 35.5. The average molecular weight is 272 g/mol. The van der Waals surface area contributed by atoms with E-state index >= 15 is 0 Å². The number of hydrogen-bond acceptors (Lipinski definition) is 6. The lowest BCUT2D eigenvalue weighted by atomic mass is 10.2. The van der Waals surface area contributed by atoms with Crippen LogP contribution in [-0.2, 0) is 0 Å². The first-order valence-corrected chi connectivity index (χ1v) is 4.92. The van der Waals surface area contributed by atoms with E-state index in [1.807, 2.05) is 0 Å². The Morgan fingerprint density at radius 1 is 1.06 bits per heavy atom. The van der Waals surface area contributed by atoms with Crippen molar-refractivity contribution in [1.82, 2.24) is 9.97 Å². The Morgan fingerprint density at radius 2 is 1.72 bits per heavy atom. The van der Waals surface area contributed by atoms with Gasteiger partial charge in [0, 0.05) is 12.3 Å². The van der Waals surface area contributed by atoms with Crippen LogP contribution in [0.2, 0.25) is 0 Å². The fourth-order valence-electron chi connectivity index (χ4n) is 1.67. The van der Waals surface area contributed by atoms with E-state index in [-0.39, 0.29) is 18.4 Å². The first-order chi connectivity index (χ1) is 8.21. The van der Waals surface area contributed by atoms with E-state index in [0.29, 0.717) is 22.8 Å². The molecule has 1 aromatic carbocycles. The molecule has 1 aromatic heterocycles. The minimum absolute atomic E-state index is 0. The van der Waals surface area contributed by atoms with Crippen LogP contribution in [0.25, 0.3) is 10.9 Å². The van der Waals surface area contributed by atoms with E-state index in [4.69, 9.17) is 19.9 Å². The van der Waals surface area contributed by atoms with E-state index in [1.54, 1.807) is 33.6 Å². The van der Waals surface area contributed by atoms with Gasteiger partial charge in [0.05, 0.1) is 32.2 Å². The summed E-state index contributed by atoms with van der Waals surface area (Å²) in [5.74, 6) is 1.78. The van der Waals surface area contributed by atoms with Gasteiger partial charge in [-0.2, -0.15) is 0 Å². The number of nitrogen functional groups attached to an aromatic ring is 1. The molecule has 6 nitrogen and oxygen atoms in total. The number of halogens is 1. The molecule has 1 heterocycles. The Bertz CT molecular complexity index is 563. The molecule has 0 aliphatic heterocycles. The van der Waals surface area contributed by atoms with E-state index in [2.05, 4.69) is 9.97 Å². The van der Waals surface area contributed by atoms with E-state index < -0.39 is 0 Å². The number of methoxy groups -OCH3 is 3. The zero-order valence-electron chi connectivity index (χ0n) is 10.3. The Kier molecular flexibility index (Phi) is 4.38. The maximum Gasteiger partial charge on any atom is 0.220 e. The van der Waals surface area contributed by atoms with Gasteiger partial charge in [-0.3, -0.25) is 0 Å². The number of ether oxygens (including phenoxy) is 3. The molecule has 0 spiro atoms. The number of fused-ring (bicyclic) bond motifs is 1. The van der Waals surface area contributed by atoms with Crippen molar-refractivity contribution in [3.05, 3.63) is 12.3 Å². The van der Waals surface area contributed by atoms with Crippen LogP contribution in [0.1, 0.15) is 0 Å². The van der Waals surface area contributed by atoms with Crippen LogP contribution in [-0.4, -0.2) is 31.3 Å². The summed E-state index contributed by atoms with van der Waals surface area (Å²) in [5, 5.41) is 0.722. The predicted octanol–water partition coefficient (Wildman–Crippen LogP) is 1.66. The average Bonchev–Trinajstić information content (AvgIpc) is 2.35. The number of hydrogen-bond donors (Lipinski definition) is 1. The maximum atomic E-state index is 5.54. The summed E-state index contributed by atoms with van der Waals surface area (Å²) in [4.78, 5) is 8.06. The molecule has 0 saturated carbocycles. The lowest BCUT2D eigenvalue weighted by Gasteiger charge is -2.13. The zero-order valence-corrected chi connectivity index (χ0v) is 11.1. The largest absolute Gasteiger partial charge is 0.493 e. The van der Waals surface area contributed by atoms with Crippen molar-refractivity contribution < 1.29 is 14.2 Å². The number of benzene rings is 1. The standard InChI is InChI=1S/C11H13N3O3.ClH/c1-15-8-4-7-6(5-13-11(12)14-7)9(16-2)10(8)17-3;/h4-5H,1-3H3,(H2,12,13,14);1H. The summed E-state index contributed by atoms with van der Waals surface area (Å²) in [6.45, 7) is 0. The zero-order chi connectivity index (χ0) is 12.4. The van der Waals surface area contributed by atoms with E-state index in [9.17, 15) is 0 Å². The summed E-state index contributed by atoms with van der Waals surface area (Å²) < 4.78 is 15.8. The Balaban J connectivity index is 0.00000162. The lowest BCUT2D eigenvalue weighted by molar-refractivity contribution is 0.327. The van der Waals surface area contributed by atoms with Crippen LogP contribution in [0, 0.1) is 0 Å². The molecule has 0 atom stereocenters. The van der Waals surface area contributed by atoms with Crippen LogP contribution >= 0.6 is 12.4 Å². The summed E-state index contributed by atoms with van der Waals surface area (Å²) >= 11 is 0. The quantitative estimate of drug-likeness (QED) is 0.914. The second-order valence-corrected chi connectivity index (χ2v) is 3.31. The van der Waals surface area contributed by atoms with Crippen molar-refractivity contribution in [2.24, 2.45) is 0 Å². The molecule has 98 valence electrons. The molecule has 2 rings (SSSR count). The molecule has 0 amide bonds. The Morgan fingerprint density at radius 3 is 2.28 bits per heavy atom. The highest BCUT2D eigenvalue weighted by Crippen LogP contribution is 2.42. The molecule has 7 heteroatoms. The van der Waals surface area contributed by atoms with Crippen molar-refractivity contribution in [2.45, 2.75) is 0 Å². The molecule has 0 bridgehead atoms. The molecule has 2 aromatic rings. The van der Waals surface area contributed by atoms with E-state index in [1.165, 1.54) is 0 Å². The van der Waals surface area contributed by atoms with Gasteiger partial charge in [-0.25, -0.2) is 9.97 Å². The van der Waals surface area contributed by atoms with Gasteiger partial charge in [-0.15, -0.1) is 12.4 Å². The molecule has 0 saturated heterocycles. The monoisotopic (exact) mass is 271 g/mol. The van der Waals surface area contributed by atoms with Gasteiger partial charge < -0.3 is 19.9 Å². The fraction of sp³-hybridized carbons (Fsp3) is 0.273. The SMILES string of the molecule is COc1cc2nc(N)ncc2c(OC)c1OC.Cl. The molecule has 0 aliphatic carbocycles. The van der Waals surface area contributed by atoms with Gasteiger partial charge in [0.2, 0.25) is 11.7 Å². The Hall–Kier alpha value is -1.95. The number of nitrogens with two attached hydrogens (primary N) is 1. The number of aromatic nitrogens is 2. The predicted molar refractivity (Wildman–Crippen MR) is 70.9 cm³/mol. The minimum atomic E-state index is 0. The van der Waals surface area contributed by atoms with Crippen molar-refractivity contribution >= 4 is 29.3 Å². The number of nitrogens with zero attached hydrogens (tertiary/aromatic N) is 2. The van der Waals surface area contributed by atoms with Gasteiger partial charge in [-0.1, -0.05) is 0 Å². The van der Waals surface area contributed by atoms with Crippen LogP contribution in [0.5, 0.6) is 17.2 Å². The summed E-state index contributed by atoms with van der Waals surface area (Å²) in [6.07, 6.45) is 1.60. The third-order valence-electron chi connectivity index (χ3n) is 2.41. The van der Waals surface area contributed by atoms with Gasteiger partial charge in [0.25, 0.3) is 0 Å².